The van der Waals surface area contributed by atoms with E-state index in [4.69, 9.17) is 14.8 Å². The monoisotopic (exact) mass is 1010 g/mol. The van der Waals surface area contributed by atoms with Gasteiger partial charge >= 0.3 is 0 Å². The normalized spacial score (nSPS) is 19.7. The summed E-state index contributed by atoms with van der Waals surface area (Å²) in [6.45, 7) is 14.4. The second-order valence-corrected chi connectivity index (χ2v) is 21.4. The molecule has 7 heterocycles. The number of carbonyl (C=O) groups is 4. The maximum atomic E-state index is 13.8. The Balaban J connectivity index is 0.626. The lowest BCUT2D eigenvalue weighted by molar-refractivity contribution is -0.135. The number of piperidine rings is 1. The molecule has 3 aromatic heterocycles. The smallest absolute Gasteiger partial charge is 0.257 e. The molecule has 16 nitrogen and oxygen atoms in total. The van der Waals surface area contributed by atoms with Gasteiger partial charge in [-0.3, -0.25) is 39.4 Å². The molecular weight excluding hydrogens is 951 g/mol. The third kappa shape index (κ3) is 10.1. The number of aryl methyl sites for hydroxylation is 2. The number of thiazole rings is 1. The molecule has 0 bridgehead atoms. The van der Waals surface area contributed by atoms with Gasteiger partial charge in [0.25, 0.3) is 5.91 Å². The van der Waals surface area contributed by atoms with Crippen LogP contribution < -0.4 is 25.2 Å². The molecule has 2 N–H and O–H groups in total. The van der Waals surface area contributed by atoms with Crippen molar-refractivity contribution in [1.82, 2.24) is 39.8 Å². The minimum atomic E-state index is -0.456. The zero-order chi connectivity index (χ0) is 51.0. The number of fused-ring (bicyclic) bond motifs is 3. The summed E-state index contributed by atoms with van der Waals surface area (Å²) >= 11 is 1.48. The van der Waals surface area contributed by atoms with Crippen molar-refractivity contribution in [2.24, 2.45) is 7.05 Å². The van der Waals surface area contributed by atoms with Crippen molar-refractivity contribution in [1.29, 1.82) is 0 Å². The summed E-state index contributed by atoms with van der Waals surface area (Å²) in [6, 6.07) is 30.9. The van der Waals surface area contributed by atoms with E-state index in [1.165, 1.54) is 16.9 Å². The number of rotatable bonds is 13. The number of imide groups is 1. The molecular formula is C57H63N11O5S. The first kappa shape index (κ1) is 49.0. The molecule has 4 aliphatic heterocycles. The largest absolute Gasteiger partial charge is 0.494 e. The predicted octanol–water partition coefficient (Wildman–Crippen LogP) is 7.40. The fourth-order valence-electron chi connectivity index (χ4n) is 11.6. The zero-order valence-corrected chi connectivity index (χ0v) is 43.4. The van der Waals surface area contributed by atoms with Crippen LogP contribution in [0.15, 0.2) is 97.2 Å². The van der Waals surface area contributed by atoms with Gasteiger partial charge in [0, 0.05) is 107 Å². The maximum Gasteiger partial charge on any atom is 0.257 e. The van der Waals surface area contributed by atoms with E-state index in [-0.39, 0.29) is 35.7 Å². The minimum absolute atomic E-state index is 0.147. The summed E-state index contributed by atoms with van der Waals surface area (Å²) in [5.41, 5.74) is 9.73. The molecule has 11 rings (SSSR count). The summed E-state index contributed by atoms with van der Waals surface area (Å²) in [5, 5.41) is 11.8. The number of carbonyl (C=O) groups excluding carboxylic acids is 4. The molecule has 3 atom stereocenters. The van der Waals surface area contributed by atoms with Crippen LogP contribution >= 0.6 is 11.3 Å². The molecule has 4 amide bonds. The van der Waals surface area contributed by atoms with Gasteiger partial charge in [-0.25, -0.2) is 9.97 Å². The Morgan fingerprint density at radius 2 is 1.69 bits per heavy atom. The summed E-state index contributed by atoms with van der Waals surface area (Å²) in [7, 11) is 1.90. The molecule has 7 aromatic rings. The number of anilines is 3. The molecule has 0 saturated carbocycles. The molecule has 3 saturated heterocycles. The molecule has 4 aromatic carbocycles. The maximum absolute atomic E-state index is 13.8. The Bertz CT molecular complexity index is 3210. The Morgan fingerprint density at radius 1 is 0.878 bits per heavy atom. The highest BCUT2D eigenvalue weighted by atomic mass is 32.1. The van der Waals surface area contributed by atoms with Crippen LogP contribution in [0.1, 0.15) is 71.8 Å². The lowest BCUT2D eigenvalue weighted by Gasteiger charge is -2.45. The van der Waals surface area contributed by atoms with Crippen molar-refractivity contribution < 1.29 is 23.9 Å². The number of nitrogens with one attached hydrogen (secondary N) is 2. The van der Waals surface area contributed by atoms with Crippen LogP contribution in [0.2, 0.25) is 0 Å². The van der Waals surface area contributed by atoms with E-state index in [0.29, 0.717) is 75.1 Å². The topological polar surface area (TPSA) is 161 Å². The highest BCUT2D eigenvalue weighted by Gasteiger charge is 2.35. The van der Waals surface area contributed by atoms with E-state index in [0.717, 1.165) is 99.6 Å². The average molecular weight is 1010 g/mol. The number of benzene rings is 4. The average Bonchev–Trinajstić information content (AvgIpc) is 3.98. The van der Waals surface area contributed by atoms with Crippen molar-refractivity contribution in [3.8, 4) is 16.9 Å². The molecule has 4 aliphatic rings. The molecule has 74 heavy (non-hydrogen) atoms. The van der Waals surface area contributed by atoms with E-state index in [2.05, 4.69) is 92.4 Å². The van der Waals surface area contributed by atoms with E-state index < -0.39 is 5.92 Å². The predicted molar refractivity (Wildman–Crippen MR) is 290 cm³/mol. The number of ether oxygens (including phenoxy) is 1. The number of para-hydroxylation sites is 2. The second kappa shape index (κ2) is 21.0. The van der Waals surface area contributed by atoms with Crippen LogP contribution in [0.3, 0.4) is 0 Å². The Morgan fingerprint density at radius 3 is 2.46 bits per heavy atom. The SMILES string of the molecule is Cc1cc(OCCCN2C[C@@H](C)N(CC(=O)N3CCN(c4cccc5c(C6CCC(=O)NC6=O)nn(C)c45)CC3)[C@@H](C)C2)ccc1-c1ccc(N2CCc3cccc(C(=O)Nc4nc5ccccc5s4)c3C2)nc1. The Kier molecular flexibility index (Phi) is 13.9. The molecule has 0 aliphatic carbocycles. The van der Waals surface area contributed by atoms with Gasteiger partial charge in [0.1, 0.15) is 11.6 Å². The first-order valence-electron chi connectivity index (χ1n) is 26.0. The molecule has 17 heteroatoms. The molecule has 1 unspecified atom stereocenters. The number of amides is 4. The van der Waals surface area contributed by atoms with Gasteiger partial charge < -0.3 is 24.3 Å². The standard InChI is InChI=1S/C57H63N11O5S/c1-36-30-41(17-18-42(36)40-16-20-50(58-31-40)67-24-22-39-10-7-11-43(46(39)34-67)55(71)61-57-59-47-13-5-6-15-49(47)74-57)73-29-9-23-64-32-37(2)68(38(3)33-64)35-52(70)66-27-25-65(26-28-66)48-14-8-12-44-53(62-63(4)54(44)48)45-19-21-51(69)60-56(45)72/h5-8,10-18,20,30-31,37-38,45H,9,19,21-29,32-35H2,1-4H3,(H,59,61,71)(H,60,69,72)/t37-,38+,45?. The zero-order valence-electron chi connectivity index (χ0n) is 42.6. The highest BCUT2D eigenvalue weighted by Crippen LogP contribution is 2.36. The fraction of sp³-hybridized carbons (Fsp3) is 0.386. The van der Waals surface area contributed by atoms with Crippen LogP contribution in [0.25, 0.3) is 32.2 Å². The third-order valence-electron chi connectivity index (χ3n) is 15.4. The van der Waals surface area contributed by atoms with E-state index in [1.807, 2.05) is 77.4 Å². The lowest BCUT2D eigenvalue weighted by atomic mass is 9.92. The quantitative estimate of drug-likeness (QED) is 0.0872. The molecule has 382 valence electrons. The van der Waals surface area contributed by atoms with Crippen molar-refractivity contribution in [2.75, 3.05) is 80.6 Å². The van der Waals surface area contributed by atoms with Crippen molar-refractivity contribution >= 4 is 72.7 Å². The summed E-state index contributed by atoms with van der Waals surface area (Å²) in [6.07, 6.45) is 4.43. The van der Waals surface area contributed by atoms with Crippen molar-refractivity contribution in [3.63, 3.8) is 0 Å². The number of aromatic nitrogens is 4. The van der Waals surface area contributed by atoms with Crippen LogP contribution in [-0.4, -0.2) is 136 Å². The number of nitrogens with zero attached hydrogens (tertiary/aromatic N) is 9. The van der Waals surface area contributed by atoms with Crippen molar-refractivity contribution in [2.45, 2.75) is 71.0 Å². The van der Waals surface area contributed by atoms with Crippen LogP contribution in [0.5, 0.6) is 5.75 Å². The second-order valence-electron chi connectivity index (χ2n) is 20.3. The van der Waals surface area contributed by atoms with E-state index >= 15 is 0 Å². The lowest BCUT2D eigenvalue weighted by Crippen LogP contribution is -2.60. The van der Waals surface area contributed by atoms with Gasteiger partial charge in [0.05, 0.1) is 46.2 Å². The van der Waals surface area contributed by atoms with Gasteiger partial charge in [-0.2, -0.15) is 5.10 Å². The van der Waals surface area contributed by atoms with Gasteiger partial charge in [-0.15, -0.1) is 0 Å². The van der Waals surface area contributed by atoms with E-state index in [1.54, 1.807) is 0 Å². The van der Waals surface area contributed by atoms with Gasteiger partial charge in [0.15, 0.2) is 5.13 Å². The van der Waals surface area contributed by atoms with Crippen LogP contribution in [-0.2, 0) is 34.4 Å². The third-order valence-corrected chi connectivity index (χ3v) is 16.4. The van der Waals surface area contributed by atoms with Crippen LogP contribution in [0, 0.1) is 6.92 Å². The Labute approximate surface area is 435 Å². The van der Waals surface area contributed by atoms with Gasteiger partial charge in [-0.1, -0.05) is 53.8 Å². The summed E-state index contributed by atoms with van der Waals surface area (Å²) < 4.78 is 9.17. The fourth-order valence-corrected chi connectivity index (χ4v) is 12.4. The summed E-state index contributed by atoms with van der Waals surface area (Å²) in [5.74, 6) is 0.776. The Hall–Kier alpha value is -7.21. The first-order valence-corrected chi connectivity index (χ1v) is 26.8. The molecule has 0 radical (unpaired) electrons. The van der Waals surface area contributed by atoms with Gasteiger partial charge in [0.2, 0.25) is 17.7 Å². The minimum Gasteiger partial charge on any atom is -0.494 e. The van der Waals surface area contributed by atoms with Crippen molar-refractivity contribution in [3.05, 3.63) is 125 Å². The molecule has 3 fully saturated rings. The van der Waals surface area contributed by atoms with Gasteiger partial charge in [-0.05, 0) is 111 Å². The first-order chi connectivity index (χ1) is 35.9. The summed E-state index contributed by atoms with van der Waals surface area (Å²) in [4.78, 5) is 72.9. The number of hydrogen-bond donors (Lipinski definition) is 2. The molecule has 0 spiro atoms. The highest BCUT2D eigenvalue weighted by molar-refractivity contribution is 7.22. The number of piperazine rings is 2. The number of pyridine rings is 1. The van der Waals surface area contributed by atoms with E-state index in [9.17, 15) is 19.2 Å². The van der Waals surface area contributed by atoms with Crippen LogP contribution in [0.4, 0.5) is 16.6 Å². The number of hydrogen-bond acceptors (Lipinski definition) is 13.